The minimum Gasteiger partial charge on any atom is -0.497 e. The zero-order valence-corrected chi connectivity index (χ0v) is 16.8. The fourth-order valence-electron chi connectivity index (χ4n) is 2.98. The molecular weight excluding hydrogens is 394 g/mol. The number of hydrogen-bond acceptors (Lipinski definition) is 6. The first kappa shape index (κ1) is 18.9. The van der Waals surface area contributed by atoms with Crippen molar-refractivity contribution >= 4 is 29.0 Å². The number of nitrogens with zero attached hydrogens (tertiary/aromatic N) is 5. The molecule has 0 bridgehead atoms. The van der Waals surface area contributed by atoms with Gasteiger partial charge in [-0.05, 0) is 50.2 Å². The SMILES string of the molecule is COc1ccc(N(Cc2nc3nc(C)c(Cl)c(C)n3n2)C(=O)c2ccco2)cc1. The van der Waals surface area contributed by atoms with Crippen molar-refractivity contribution in [1.82, 2.24) is 19.6 Å². The highest BCUT2D eigenvalue weighted by molar-refractivity contribution is 6.31. The van der Waals surface area contributed by atoms with Gasteiger partial charge in [0.25, 0.3) is 11.7 Å². The third kappa shape index (κ3) is 3.54. The summed E-state index contributed by atoms with van der Waals surface area (Å²) < 4.78 is 12.1. The Morgan fingerprint density at radius 1 is 1.21 bits per heavy atom. The van der Waals surface area contributed by atoms with E-state index >= 15 is 0 Å². The first-order chi connectivity index (χ1) is 14.0. The zero-order chi connectivity index (χ0) is 20.5. The molecule has 0 aliphatic heterocycles. The summed E-state index contributed by atoms with van der Waals surface area (Å²) in [6, 6.07) is 10.4. The van der Waals surface area contributed by atoms with Gasteiger partial charge in [0.05, 0.1) is 36.3 Å². The van der Waals surface area contributed by atoms with Crippen molar-refractivity contribution in [3.05, 3.63) is 70.7 Å². The maximum atomic E-state index is 13.1. The van der Waals surface area contributed by atoms with E-state index in [1.54, 1.807) is 48.0 Å². The maximum Gasteiger partial charge on any atom is 0.294 e. The molecular formula is C20H18ClN5O3. The molecule has 29 heavy (non-hydrogen) atoms. The normalized spacial score (nSPS) is 11.0. The molecule has 0 saturated heterocycles. The molecule has 1 amide bonds. The Labute approximate surface area is 171 Å². The number of anilines is 1. The van der Waals surface area contributed by atoms with Crippen molar-refractivity contribution in [2.75, 3.05) is 12.0 Å². The minimum absolute atomic E-state index is 0.130. The second kappa shape index (κ2) is 7.56. The van der Waals surface area contributed by atoms with E-state index in [-0.39, 0.29) is 18.2 Å². The highest BCUT2D eigenvalue weighted by Crippen LogP contribution is 2.24. The van der Waals surface area contributed by atoms with Crippen molar-refractivity contribution in [2.24, 2.45) is 0 Å². The maximum absolute atomic E-state index is 13.1. The van der Waals surface area contributed by atoms with Crippen molar-refractivity contribution in [3.63, 3.8) is 0 Å². The lowest BCUT2D eigenvalue weighted by atomic mass is 10.2. The Kier molecular flexibility index (Phi) is 4.94. The molecule has 1 aromatic carbocycles. The van der Waals surface area contributed by atoms with Gasteiger partial charge < -0.3 is 9.15 Å². The van der Waals surface area contributed by atoms with E-state index in [0.717, 1.165) is 5.69 Å². The van der Waals surface area contributed by atoms with Gasteiger partial charge in [0.15, 0.2) is 11.6 Å². The summed E-state index contributed by atoms with van der Waals surface area (Å²) in [5.41, 5.74) is 2.07. The van der Waals surface area contributed by atoms with Gasteiger partial charge in [0.2, 0.25) is 0 Å². The third-order valence-electron chi connectivity index (χ3n) is 4.52. The summed E-state index contributed by atoms with van der Waals surface area (Å²) in [5, 5.41) is 5.02. The van der Waals surface area contributed by atoms with Gasteiger partial charge in [0, 0.05) is 5.69 Å². The summed E-state index contributed by atoms with van der Waals surface area (Å²) in [5.74, 6) is 1.46. The molecule has 0 radical (unpaired) electrons. The number of rotatable bonds is 5. The molecule has 0 saturated carbocycles. The van der Waals surface area contributed by atoms with Crippen molar-refractivity contribution in [1.29, 1.82) is 0 Å². The Bertz CT molecular complexity index is 1170. The van der Waals surface area contributed by atoms with Crippen LogP contribution in [0.25, 0.3) is 5.78 Å². The van der Waals surface area contributed by atoms with Crippen LogP contribution in [0.4, 0.5) is 5.69 Å². The minimum atomic E-state index is -0.307. The number of halogens is 1. The molecule has 3 aromatic heterocycles. The van der Waals surface area contributed by atoms with Crippen LogP contribution in [0.2, 0.25) is 5.02 Å². The first-order valence-electron chi connectivity index (χ1n) is 8.85. The van der Waals surface area contributed by atoms with Crippen LogP contribution in [0.15, 0.2) is 47.1 Å². The predicted molar refractivity (Wildman–Crippen MR) is 107 cm³/mol. The zero-order valence-electron chi connectivity index (χ0n) is 16.1. The molecule has 0 atom stereocenters. The molecule has 8 nitrogen and oxygen atoms in total. The van der Waals surface area contributed by atoms with Gasteiger partial charge in [-0.15, -0.1) is 5.10 Å². The number of amides is 1. The predicted octanol–water partition coefficient (Wildman–Crippen LogP) is 3.84. The van der Waals surface area contributed by atoms with Crippen LogP contribution in [-0.2, 0) is 6.54 Å². The number of fused-ring (bicyclic) bond motifs is 1. The number of carbonyl (C=O) groups excluding carboxylic acids is 1. The van der Waals surface area contributed by atoms with E-state index in [0.29, 0.717) is 33.8 Å². The molecule has 0 spiro atoms. The van der Waals surface area contributed by atoms with Crippen LogP contribution in [0.1, 0.15) is 27.8 Å². The molecule has 3 heterocycles. The van der Waals surface area contributed by atoms with Crippen LogP contribution in [0, 0.1) is 13.8 Å². The van der Waals surface area contributed by atoms with Crippen molar-refractivity contribution in [2.45, 2.75) is 20.4 Å². The number of methoxy groups -OCH3 is 1. The molecule has 4 aromatic rings. The van der Waals surface area contributed by atoms with E-state index < -0.39 is 0 Å². The number of benzene rings is 1. The van der Waals surface area contributed by atoms with Crippen LogP contribution in [0.3, 0.4) is 0 Å². The third-order valence-corrected chi connectivity index (χ3v) is 5.06. The van der Waals surface area contributed by atoms with E-state index in [4.69, 9.17) is 20.8 Å². The monoisotopic (exact) mass is 411 g/mol. The van der Waals surface area contributed by atoms with Gasteiger partial charge in [-0.3, -0.25) is 9.69 Å². The van der Waals surface area contributed by atoms with E-state index in [1.807, 2.05) is 13.8 Å². The van der Waals surface area contributed by atoms with Gasteiger partial charge in [-0.1, -0.05) is 11.6 Å². The number of aryl methyl sites for hydroxylation is 2. The summed E-state index contributed by atoms with van der Waals surface area (Å²) in [4.78, 5) is 23.4. The second-order valence-corrected chi connectivity index (χ2v) is 6.78. The smallest absolute Gasteiger partial charge is 0.294 e. The molecule has 0 unspecified atom stereocenters. The molecule has 4 rings (SSSR count). The van der Waals surface area contributed by atoms with E-state index in [2.05, 4.69) is 15.1 Å². The second-order valence-electron chi connectivity index (χ2n) is 6.40. The summed E-state index contributed by atoms with van der Waals surface area (Å²) in [6.45, 7) is 3.79. The lowest BCUT2D eigenvalue weighted by Crippen LogP contribution is -2.30. The largest absolute Gasteiger partial charge is 0.497 e. The Balaban J connectivity index is 1.74. The van der Waals surface area contributed by atoms with Gasteiger partial charge in [0.1, 0.15) is 5.75 Å². The van der Waals surface area contributed by atoms with Crippen molar-refractivity contribution < 1.29 is 13.9 Å². The average Bonchev–Trinajstić information content (AvgIpc) is 3.40. The number of ether oxygens (including phenoxy) is 1. The highest BCUT2D eigenvalue weighted by Gasteiger charge is 2.23. The molecule has 0 aliphatic carbocycles. The average molecular weight is 412 g/mol. The lowest BCUT2D eigenvalue weighted by molar-refractivity contribution is 0.0957. The molecule has 148 valence electrons. The summed E-state index contributed by atoms with van der Waals surface area (Å²) in [7, 11) is 1.59. The Morgan fingerprint density at radius 3 is 2.62 bits per heavy atom. The van der Waals surface area contributed by atoms with Gasteiger partial charge in [-0.25, -0.2) is 4.98 Å². The van der Waals surface area contributed by atoms with Gasteiger partial charge in [-0.2, -0.15) is 9.50 Å². The Morgan fingerprint density at radius 2 is 1.97 bits per heavy atom. The lowest BCUT2D eigenvalue weighted by Gasteiger charge is -2.20. The van der Waals surface area contributed by atoms with Crippen LogP contribution in [-0.4, -0.2) is 32.6 Å². The van der Waals surface area contributed by atoms with E-state index in [9.17, 15) is 4.79 Å². The van der Waals surface area contributed by atoms with Gasteiger partial charge >= 0.3 is 0 Å². The molecule has 0 N–H and O–H groups in total. The number of aromatic nitrogens is 4. The van der Waals surface area contributed by atoms with E-state index in [1.165, 1.54) is 11.2 Å². The standard InChI is InChI=1S/C20H18ClN5O3/c1-12-18(21)13(2)26-20(22-12)23-17(24-26)11-25(19(27)16-5-4-10-29-16)14-6-8-15(28-3)9-7-14/h4-10H,11H2,1-3H3. The molecule has 9 heteroatoms. The van der Waals surface area contributed by atoms with Crippen LogP contribution < -0.4 is 9.64 Å². The number of hydrogen-bond donors (Lipinski definition) is 0. The summed E-state index contributed by atoms with van der Waals surface area (Å²) in [6.07, 6.45) is 1.46. The number of carbonyl (C=O) groups is 1. The van der Waals surface area contributed by atoms with Crippen LogP contribution in [0.5, 0.6) is 5.75 Å². The Hall–Kier alpha value is -3.39. The fraction of sp³-hybridized carbons (Fsp3) is 0.200. The topological polar surface area (TPSA) is 85.8 Å². The summed E-state index contributed by atoms with van der Waals surface area (Å²) >= 11 is 6.27. The highest BCUT2D eigenvalue weighted by atomic mass is 35.5. The number of furan rings is 1. The first-order valence-corrected chi connectivity index (χ1v) is 9.23. The molecule has 0 fully saturated rings. The van der Waals surface area contributed by atoms with Crippen LogP contribution >= 0.6 is 11.6 Å². The quantitative estimate of drug-likeness (QED) is 0.496. The molecule has 0 aliphatic rings. The fourth-order valence-corrected chi connectivity index (χ4v) is 3.10. The van der Waals surface area contributed by atoms with Crippen molar-refractivity contribution in [3.8, 4) is 5.75 Å².